The van der Waals surface area contributed by atoms with E-state index in [1.54, 1.807) is 40.5 Å². The Balaban J connectivity index is 0.00000428. The van der Waals surface area contributed by atoms with Crippen LogP contribution in [0.4, 0.5) is 0 Å². The van der Waals surface area contributed by atoms with Crippen LogP contribution in [-0.2, 0) is 39.9 Å². The zero-order valence-corrected chi connectivity index (χ0v) is 34.5. The van der Waals surface area contributed by atoms with Gasteiger partial charge >= 0.3 is 0 Å². The van der Waals surface area contributed by atoms with Crippen LogP contribution in [0.3, 0.4) is 0 Å². The molecule has 0 saturated carbocycles. The first-order valence-electron chi connectivity index (χ1n) is 19.1. The molecular weight excluding hydrogens is 753 g/mol. The summed E-state index contributed by atoms with van der Waals surface area (Å²) in [5.74, 6) is -1.17. The van der Waals surface area contributed by atoms with Gasteiger partial charge in [-0.1, -0.05) is 57.2 Å². The number of rotatable bonds is 22. The van der Waals surface area contributed by atoms with Crippen LogP contribution in [0.25, 0.3) is 10.4 Å². The smallest absolute Gasteiger partial charge is 0.251 e. The monoisotopic (exact) mass is 810 g/mol. The predicted molar refractivity (Wildman–Crippen MR) is 218 cm³/mol. The van der Waals surface area contributed by atoms with Gasteiger partial charge in [-0.15, -0.1) is 11.3 Å². The molecule has 1 aromatic heterocycles. The van der Waals surface area contributed by atoms with Gasteiger partial charge in [-0.2, -0.15) is 0 Å². The second kappa shape index (κ2) is 24.9. The Hall–Kier alpha value is -4.58. The molecule has 0 unspecified atom stereocenters. The minimum Gasteiger partial charge on any atom is -0.377 e. The number of aryl methyl sites for hydroxylation is 1. The van der Waals surface area contributed by atoms with E-state index in [0.717, 1.165) is 28.0 Å². The molecule has 1 aliphatic rings. The maximum atomic E-state index is 13.8. The fraction of sp³-hybridized carbons (Fsp3) is 0.512. The molecule has 4 amide bonds. The summed E-state index contributed by atoms with van der Waals surface area (Å²) in [4.78, 5) is 69.8. The Kier molecular flexibility index (Phi) is 20.5. The van der Waals surface area contributed by atoms with Gasteiger partial charge in [-0.3, -0.25) is 24.0 Å². The molecule has 0 spiro atoms. The van der Waals surface area contributed by atoms with Crippen molar-refractivity contribution in [1.82, 2.24) is 25.8 Å². The van der Waals surface area contributed by atoms with Crippen molar-refractivity contribution in [2.45, 2.75) is 59.2 Å². The molecule has 1 saturated heterocycles. The van der Waals surface area contributed by atoms with Crippen LogP contribution in [0.15, 0.2) is 54.0 Å². The molecule has 3 aromatic rings. The van der Waals surface area contributed by atoms with Crippen molar-refractivity contribution >= 4 is 41.3 Å². The highest BCUT2D eigenvalue weighted by atomic mass is 32.1. The highest BCUT2D eigenvalue weighted by Crippen LogP contribution is 2.28. The number of likely N-dealkylation sites (tertiary alicyclic amines) is 1. The summed E-state index contributed by atoms with van der Waals surface area (Å²) >= 11 is 1.59. The molecule has 0 aliphatic carbocycles. The van der Waals surface area contributed by atoms with Crippen LogP contribution >= 0.6 is 11.3 Å². The van der Waals surface area contributed by atoms with Crippen molar-refractivity contribution in [3.8, 4) is 10.4 Å². The lowest BCUT2D eigenvalue weighted by Gasteiger charge is -2.35. The fourth-order valence-corrected chi connectivity index (χ4v) is 6.67. The van der Waals surface area contributed by atoms with E-state index in [1.807, 2.05) is 57.5 Å². The topological polar surface area (TPSA) is 201 Å². The molecule has 2 atom stereocenters. The van der Waals surface area contributed by atoms with E-state index in [2.05, 4.69) is 26.7 Å². The van der Waals surface area contributed by atoms with Gasteiger partial charge in [0, 0.05) is 30.8 Å². The van der Waals surface area contributed by atoms with Gasteiger partial charge in [-0.05, 0) is 55.5 Å². The van der Waals surface area contributed by atoms with E-state index in [4.69, 9.17) is 18.9 Å². The number of amides is 4. The van der Waals surface area contributed by atoms with E-state index in [-0.39, 0.29) is 37.5 Å². The van der Waals surface area contributed by atoms with E-state index < -0.39 is 23.4 Å². The third kappa shape index (κ3) is 15.7. The lowest BCUT2D eigenvalue weighted by molar-refractivity contribution is -0.144. The number of carbonyl (C=O) groups excluding carboxylic acids is 5. The Morgan fingerprint density at radius 3 is 2.09 bits per heavy atom. The first-order chi connectivity index (χ1) is 27.5. The van der Waals surface area contributed by atoms with E-state index in [9.17, 15) is 24.0 Å². The zero-order chi connectivity index (χ0) is 41.6. The summed E-state index contributed by atoms with van der Waals surface area (Å²) in [6.07, 6.45) is 1.97. The molecule has 57 heavy (non-hydrogen) atoms. The number of hydrogen-bond donors (Lipinski definition) is 4. The predicted octanol–water partition coefficient (Wildman–Crippen LogP) is 3.14. The van der Waals surface area contributed by atoms with E-state index in [0.29, 0.717) is 76.6 Å². The van der Waals surface area contributed by atoms with Crippen molar-refractivity contribution in [3.63, 3.8) is 0 Å². The second-order valence-corrected chi connectivity index (χ2v) is 15.0. The highest BCUT2D eigenvalue weighted by molar-refractivity contribution is 7.13. The number of carbonyl (C=O) groups is 5. The van der Waals surface area contributed by atoms with Crippen LogP contribution in [0, 0.1) is 12.3 Å². The first-order valence-corrected chi connectivity index (χ1v) is 19.9. The summed E-state index contributed by atoms with van der Waals surface area (Å²) in [5.41, 5.74) is 9.71. The van der Waals surface area contributed by atoms with Gasteiger partial charge in [0.25, 0.3) is 5.91 Å². The quantitative estimate of drug-likeness (QED) is 0.0859. The SMILES string of the molecule is CN.Cc1ncsc1-c1ccc(CNC(=O)[C@@H]2CCCN2C(=O)[C@@H](NC(=O)COCCOCCOCCOCCNC(=O)c2ccc(C=O)cc2)C(C)(C)C)cc1. The maximum Gasteiger partial charge on any atom is 0.251 e. The lowest BCUT2D eigenvalue weighted by Crippen LogP contribution is -2.58. The van der Waals surface area contributed by atoms with Gasteiger partial charge in [0.15, 0.2) is 0 Å². The van der Waals surface area contributed by atoms with Crippen molar-refractivity contribution < 1.29 is 42.9 Å². The first kappa shape index (κ1) is 46.8. The molecule has 0 radical (unpaired) electrons. The standard InChI is InChI=1S/C40H53N5O9S.CH5N/c1-28-35(55-27-43-28)31-11-7-29(8-12-31)24-42-38(49)33-6-5-16-45(33)39(50)36(40(2,3)4)44-34(47)26-54-23-22-53-21-20-52-19-18-51-17-15-41-37(48)32-13-9-30(25-46)10-14-32;1-2/h7-14,25,27,33,36H,5-6,15-24,26H2,1-4H3,(H,41,48)(H,42,49)(H,44,47);2H2,1H3/t33-,36+;/m0./s1. The van der Waals surface area contributed by atoms with Gasteiger partial charge in [0.2, 0.25) is 17.7 Å². The Bertz CT molecular complexity index is 1700. The minimum atomic E-state index is -0.844. The largest absolute Gasteiger partial charge is 0.377 e. The van der Waals surface area contributed by atoms with Gasteiger partial charge in [0.1, 0.15) is 25.0 Å². The van der Waals surface area contributed by atoms with Crippen LogP contribution in [0.2, 0.25) is 0 Å². The minimum absolute atomic E-state index is 0.180. The summed E-state index contributed by atoms with van der Waals surface area (Å²) < 4.78 is 21.9. The Morgan fingerprint density at radius 1 is 0.895 bits per heavy atom. The normalized spacial score (nSPS) is 14.3. The van der Waals surface area contributed by atoms with Gasteiger partial charge in [0.05, 0.1) is 62.3 Å². The molecule has 1 aliphatic heterocycles. The number of nitrogens with one attached hydrogen (secondary N) is 3. The average molecular weight is 811 g/mol. The number of benzene rings is 2. The molecule has 312 valence electrons. The highest BCUT2D eigenvalue weighted by Gasteiger charge is 2.41. The maximum absolute atomic E-state index is 13.8. The third-order valence-corrected chi connectivity index (χ3v) is 9.85. The molecule has 2 aromatic carbocycles. The zero-order valence-electron chi connectivity index (χ0n) is 33.7. The lowest BCUT2D eigenvalue weighted by atomic mass is 9.85. The Labute approximate surface area is 339 Å². The summed E-state index contributed by atoms with van der Waals surface area (Å²) in [6.45, 7) is 10.7. The molecule has 0 bridgehead atoms. The Morgan fingerprint density at radius 2 is 1.51 bits per heavy atom. The number of nitrogens with zero attached hydrogens (tertiary/aromatic N) is 2. The number of ether oxygens (including phenoxy) is 4. The summed E-state index contributed by atoms with van der Waals surface area (Å²) in [5, 5.41) is 8.58. The van der Waals surface area contributed by atoms with Crippen LogP contribution < -0.4 is 21.7 Å². The van der Waals surface area contributed by atoms with Gasteiger partial charge in [-0.25, -0.2) is 4.98 Å². The van der Waals surface area contributed by atoms with E-state index in [1.165, 1.54) is 7.05 Å². The average Bonchev–Trinajstić information content (AvgIpc) is 3.89. The molecule has 4 rings (SSSR count). The molecular formula is C41H58N6O9S. The van der Waals surface area contributed by atoms with Crippen LogP contribution in [-0.4, -0.2) is 125 Å². The second-order valence-electron chi connectivity index (χ2n) is 14.1. The molecule has 15 nitrogen and oxygen atoms in total. The molecule has 5 N–H and O–H groups in total. The molecule has 2 heterocycles. The number of thiazole rings is 1. The molecule has 1 fully saturated rings. The van der Waals surface area contributed by atoms with Crippen molar-refractivity contribution in [2.24, 2.45) is 11.1 Å². The third-order valence-electron chi connectivity index (χ3n) is 8.88. The van der Waals surface area contributed by atoms with Crippen molar-refractivity contribution in [2.75, 3.05) is 73.0 Å². The van der Waals surface area contributed by atoms with Crippen LogP contribution in [0.5, 0.6) is 0 Å². The molecule has 16 heteroatoms. The van der Waals surface area contributed by atoms with Crippen molar-refractivity contribution in [1.29, 1.82) is 0 Å². The number of aldehydes is 1. The van der Waals surface area contributed by atoms with Crippen LogP contribution in [0.1, 0.15) is 65.6 Å². The van der Waals surface area contributed by atoms with Crippen molar-refractivity contribution in [3.05, 3.63) is 76.4 Å². The number of nitrogens with two attached hydrogens (primary N) is 1. The van der Waals surface area contributed by atoms with Gasteiger partial charge < -0.3 is 45.5 Å². The number of aromatic nitrogens is 1. The number of hydrogen-bond acceptors (Lipinski definition) is 12. The summed E-state index contributed by atoms with van der Waals surface area (Å²) in [6, 6.07) is 12.9. The van der Waals surface area contributed by atoms with E-state index >= 15 is 0 Å². The fourth-order valence-electron chi connectivity index (χ4n) is 5.86. The summed E-state index contributed by atoms with van der Waals surface area (Å²) in [7, 11) is 1.50.